The standard InChI is InChI=1S/C20H18F3N5O4S2.C19H18FN5O4S2/c21-20(22,23)12-5-6-14(13(9-12)16(29)11-3-1-2-4-11)27-17(30)28-18-26-10-15(33-18)34(31,32)19-24-7-8-25-19;20-12-5-6-14(13(9-12)16(26)11-3-1-2-4-11)24-17(27)25-18-23-10-15(30-18)31(28,29)19-21-7-8-22-19/h5-11H,1-4H2,(H,24,25)(H2,26,27,28,30);5-11H,1-4H2,(H,21,22)(H2,23,24,25,27). The zero-order valence-corrected chi connectivity index (χ0v) is 36.7. The van der Waals surface area contributed by atoms with Gasteiger partial charge in [0, 0.05) is 47.8 Å². The number of thiazole rings is 2. The molecule has 18 nitrogen and oxygen atoms in total. The van der Waals surface area contributed by atoms with Gasteiger partial charge in [-0.3, -0.25) is 20.2 Å². The second kappa shape index (κ2) is 19.4. The number of benzene rings is 2. The third kappa shape index (κ3) is 10.9. The smallest absolute Gasteiger partial charge is 0.335 e. The molecule has 8 rings (SSSR count). The number of halogens is 4. The molecule has 0 unspecified atom stereocenters. The van der Waals surface area contributed by atoms with Crippen molar-refractivity contribution in [3.8, 4) is 0 Å². The molecule has 0 saturated heterocycles. The minimum Gasteiger partial charge on any atom is -0.335 e. The topological polar surface area (TPSA) is 268 Å². The summed E-state index contributed by atoms with van der Waals surface area (Å²) in [5, 5.41) is 9.13. The number of carbonyl (C=O) groups is 4. The highest BCUT2D eigenvalue weighted by atomic mass is 32.2. The molecule has 6 N–H and O–H groups in total. The predicted molar refractivity (Wildman–Crippen MR) is 228 cm³/mol. The third-order valence-electron chi connectivity index (χ3n) is 10.2. The van der Waals surface area contributed by atoms with Gasteiger partial charge < -0.3 is 20.6 Å². The molecule has 4 heterocycles. The van der Waals surface area contributed by atoms with E-state index in [0.717, 1.165) is 92.6 Å². The predicted octanol–water partition coefficient (Wildman–Crippen LogP) is 8.59. The Morgan fingerprint density at radius 1 is 0.615 bits per heavy atom. The number of aromatic amines is 2. The summed E-state index contributed by atoms with van der Waals surface area (Å²) in [6.07, 6.45) is 8.98. The maximum atomic E-state index is 13.8. The van der Waals surface area contributed by atoms with E-state index in [2.05, 4.69) is 51.2 Å². The highest BCUT2D eigenvalue weighted by Gasteiger charge is 2.34. The van der Waals surface area contributed by atoms with Crippen LogP contribution in [0.4, 0.5) is 48.8 Å². The number of rotatable bonds is 12. The first-order chi connectivity index (χ1) is 30.9. The van der Waals surface area contributed by atoms with Gasteiger partial charge in [-0.2, -0.15) is 13.2 Å². The second-order valence-electron chi connectivity index (χ2n) is 14.6. The van der Waals surface area contributed by atoms with Crippen LogP contribution in [0.25, 0.3) is 0 Å². The SMILES string of the molecule is O=C(Nc1ncc(S(=O)(=O)c2ncc[nH]2)s1)Nc1ccc(C(F)(F)F)cc1C(=O)C1CCCC1.O=C(Nc1ncc(S(=O)(=O)c2ncc[nH]2)s1)Nc1ccc(F)cc1C(=O)C1CCCC1. The van der Waals surface area contributed by atoms with Gasteiger partial charge in [0.15, 0.2) is 21.8 Å². The van der Waals surface area contributed by atoms with E-state index in [4.69, 9.17) is 0 Å². The number of aromatic nitrogens is 6. The largest absolute Gasteiger partial charge is 0.416 e. The van der Waals surface area contributed by atoms with Crippen molar-refractivity contribution in [3.63, 3.8) is 0 Å². The summed E-state index contributed by atoms with van der Waals surface area (Å²) in [7, 11) is -7.82. The maximum absolute atomic E-state index is 13.8. The number of imidazole rings is 2. The van der Waals surface area contributed by atoms with Crippen molar-refractivity contribution in [2.75, 3.05) is 21.3 Å². The highest BCUT2D eigenvalue weighted by Crippen LogP contribution is 2.36. The molecule has 0 radical (unpaired) electrons. The normalized spacial score (nSPS) is 14.6. The Balaban J connectivity index is 0.000000195. The number of amides is 4. The fourth-order valence-electron chi connectivity index (χ4n) is 7.05. The molecule has 2 aliphatic rings. The van der Waals surface area contributed by atoms with E-state index in [1.807, 2.05) is 0 Å². The number of carbonyl (C=O) groups excluding carboxylic acids is 4. The lowest BCUT2D eigenvalue weighted by Gasteiger charge is -2.16. The number of ketones is 2. The summed E-state index contributed by atoms with van der Waals surface area (Å²) in [6.45, 7) is 0. The van der Waals surface area contributed by atoms with Gasteiger partial charge in [-0.15, -0.1) is 0 Å². The Bertz CT molecular complexity index is 2930. The number of nitrogens with one attached hydrogen (secondary N) is 6. The molecule has 6 aromatic rings. The Hall–Kier alpha value is -6.38. The van der Waals surface area contributed by atoms with Gasteiger partial charge in [0.1, 0.15) is 14.2 Å². The van der Waals surface area contributed by atoms with Crippen molar-refractivity contribution in [1.29, 1.82) is 0 Å². The van der Waals surface area contributed by atoms with Crippen LogP contribution in [0.1, 0.15) is 77.6 Å². The fourth-order valence-corrected chi connectivity index (χ4v) is 11.6. The summed E-state index contributed by atoms with van der Waals surface area (Å²) in [5.41, 5.74) is -1.01. The summed E-state index contributed by atoms with van der Waals surface area (Å²) < 4.78 is 103. The lowest BCUT2D eigenvalue weighted by atomic mass is 9.93. The van der Waals surface area contributed by atoms with E-state index in [-0.39, 0.29) is 63.2 Å². The third-order valence-corrected chi connectivity index (χ3v) is 16.2. The zero-order chi connectivity index (χ0) is 46.5. The van der Waals surface area contributed by atoms with E-state index in [0.29, 0.717) is 24.2 Å². The molecule has 26 heteroatoms. The van der Waals surface area contributed by atoms with E-state index >= 15 is 0 Å². The number of alkyl halides is 3. The molecule has 0 bridgehead atoms. The number of sulfone groups is 2. The van der Waals surface area contributed by atoms with Gasteiger partial charge >= 0.3 is 18.2 Å². The number of nitrogens with zero attached hydrogens (tertiary/aromatic N) is 4. The molecule has 2 aliphatic carbocycles. The quantitative estimate of drug-likeness (QED) is 0.0497. The van der Waals surface area contributed by atoms with Crippen molar-refractivity contribution in [1.82, 2.24) is 29.9 Å². The Morgan fingerprint density at radius 2 is 1.05 bits per heavy atom. The minimum absolute atomic E-state index is 0.0356. The number of hydrogen-bond acceptors (Lipinski definition) is 14. The van der Waals surface area contributed by atoms with Crippen molar-refractivity contribution in [3.05, 3.63) is 96.1 Å². The van der Waals surface area contributed by atoms with Crippen LogP contribution in [-0.2, 0) is 25.9 Å². The van der Waals surface area contributed by atoms with Crippen molar-refractivity contribution >= 4 is 87.6 Å². The summed E-state index contributed by atoms with van der Waals surface area (Å²) >= 11 is 1.42. The van der Waals surface area contributed by atoms with Gasteiger partial charge in [-0.05, 0) is 62.1 Å². The average Bonchev–Trinajstić information content (AvgIpc) is 4.12. The molecule has 2 aromatic carbocycles. The molecule has 0 atom stereocenters. The molecule has 2 fully saturated rings. The van der Waals surface area contributed by atoms with Crippen LogP contribution in [0.5, 0.6) is 0 Å². The fraction of sp³-hybridized carbons (Fsp3) is 0.282. The number of anilines is 4. The first-order valence-corrected chi connectivity index (χ1v) is 24.2. The highest BCUT2D eigenvalue weighted by molar-refractivity contribution is 7.93. The van der Waals surface area contributed by atoms with Crippen LogP contribution in [0.3, 0.4) is 0 Å². The van der Waals surface area contributed by atoms with Gasteiger partial charge in [0.2, 0.25) is 10.3 Å². The number of Topliss-reactive ketones (excluding diaryl/α,β-unsaturated/α-hetero) is 2. The number of urea groups is 2. The van der Waals surface area contributed by atoms with Crippen LogP contribution in [0.2, 0.25) is 0 Å². The van der Waals surface area contributed by atoms with E-state index in [1.54, 1.807) is 0 Å². The van der Waals surface area contributed by atoms with Gasteiger partial charge in [-0.1, -0.05) is 48.4 Å². The molecular formula is C39H36F4N10O8S4. The van der Waals surface area contributed by atoms with Gasteiger partial charge in [0.05, 0.1) is 29.3 Å². The minimum atomic E-state index is -4.65. The van der Waals surface area contributed by atoms with Crippen molar-refractivity contribution < 1.29 is 53.6 Å². The lowest BCUT2D eigenvalue weighted by Crippen LogP contribution is -2.22. The molecule has 65 heavy (non-hydrogen) atoms. The van der Waals surface area contributed by atoms with Crippen LogP contribution in [0.15, 0.2) is 92.3 Å². The van der Waals surface area contributed by atoms with Gasteiger partial charge in [-0.25, -0.2) is 50.8 Å². The van der Waals surface area contributed by atoms with Crippen LogP contribution in [-0.4, -0.2) is 70.4 Å². The van der Waals surface area contributed by atoms with E-state index < -0.39 is 61.0 Å². The zero-order valence-electron chi connectivity index (χ0n) is 33.4. The molecule has 342 valence electrons. The Labute approximate surface area is 375 Å². The molecule has 2 saturated carbocycles. The first kappa shape index (κ1) is 46.6. The second-order valence-corrected chi connectivity index (χ2v) is 20.8. The summed E-state index contributed by atoms with van der Waals surface area (Å²) in [5.74, 6) is -1.81. The molecule has 4 aromatic heterocycles. The lowest BCUT2D eigenvalue weighted by molar-refractivity contribution is -0.137. The Morgan fingerprint density at radius 3 is 1.46 bits per heavy atom. The molecular weight excluding hydrogens is 941 g/mol. The van der Waals surface area contributed by atoms with Crippen molar-refractivity contribution in [2.45, 2.75) is 76.3 Å². The monoisotopic (exact) mass is 976 g/mol. The average molecular weight is 977 g/mol. The van der Waals surface area contributed by atoms with Crippen molar-refractivity contribution in [2.24, 2.45) is 11.8 Å². The van der Waals surface area contributed by atoms with E-state index in [9.17, 15) is 53.6 Å². The summed E-state index contributed by atoms with van der Waals surface area (Å²) in [4.78, 5) is 70.7. The van der Waals surface area contributed by atoms with Crippen LogP contribution in [0, 0.1) is 17.7 Å². The maximum Gasteiger partial charge on any atom is 0.416 e. The summed E-state index contributed by atoms with van der Waals surface area (Å²) in [6, 6.07) is 4.52. The van der Waals surface area contributed by atoms with E-state index in [1.165, 1.54) is 30.9 Å². The number of H-pyrrole nitrogens is 2. The molecule has 0 spiro atoms. The Kier molecular flexibility index (Phi) is 13.9. The van der Waals surface area contributed by atoms with Crippen LogP contribution >= 0.6 is 22.7 Å². The number of hydrogen-bond donors (Lipinski definition) is 6. The first-order valence-electron chi connectivity index (χ1n) is 19.6. The van der Waals surface area contributed by atoms with Gasteiger partial charge in [0.25, 0.3) is 19.7 Å². The van der Waals surface area contributed by atoms with Crippen LogP contribution < -0.4 is 21.3 Å². The molecule has 0 aliphatic heterocycles. The molecule has 4 amide bonds.